The van der Waals surface area contributed by atoms with Crippen molar-refractivity contribution in [3.05, 3.63) is 29.8 Å². The van der Waals surface area contributed by atoms with Crippen molar-refractivity contribution in [3.8, 4) is 5.75 Å². The van der Waals surface area contributed by atoms with Crippen molar-refractivity contribution < 1.29 is 27.4 Å². The van der Waals surface area contributed by atoms with Crippen LogP contribution >= 0.6 is 0 Å². The van der Waals surface area contributed by atoms with Crippen molar-refractivity contribution >= 4 is 5.97 Å². The maximum atomic E-state index is 13.0. The Hall–Kier alpha value is -1.72. The number of benzene rings is 1. The number of ether oxygens (including phenoxy) is 2. The number of halogens is 3. The van der Waals surface area contributed by atoms with E-state index in [0.29, 0.717) is 12.8 Å². The van der Waals surface area contributed by atoms with Crippen molar-refractivity contribution in [2.24, 2.45) is 0 Å². The monoisotopic (exact) mass is 317 g/mol. The van der Waals surface area contributed by atoms with Gasteiger partial charge in [0.15, 0.2) is 6.10 Å². The predicted molar refractivity (Wildman–Crippen MR) is 75.8 cm³/mol. The van der Waals surface area contributed by atoms with E-state index in [1.54, 1.807) is 0 Å². The molecule has 22 heavy (non-hydrogen) atoms. The molecule has 1 rings (SSSR count). The highest BCUT2D eigenvalue weighted by Crippen LogP contribution is 2.29. The van der Waals surface area contributed by atoms with Crippen LogP contribution in [0.3, 0.4) is 0 Å². The van der Waals surface area contributed by atoms with Gasteiger partial charge in [-0.05, 0) is 31.0 Å². The first-order valence-electron chi connectivity index (χ1n) is 7.22. The van der Waals surface area contributed by atoms with Crippen LogP contribution in [0.2, 0.25) is 0 Å². The van der Waals surface area contributed by atoms with Gasteiger partial charge in [-0.3, -0.25) is 0 Å². The fraction of sp³-hybridized carbons (Fsp3) is 0.562. The molecule has 0 aliphatic rings. The van der Waals surface area contributed by atoms with Gasteiger partial charge in [0.05, 0.1) is 7.11 Å². The van der Waals surface area contributed by atoms with Crippen LogP contribution in [0.4, 0.5) is 13.2 Å². The number of carbonyl (C=O) groups is 1. The minimum atomic E-state index is -4.57. The second-order valence-electron chi connectivity index (χ2n) is 4.91. The number of hydrogen-bond donors (Lipinski definition) is 0. The van der Waals surface area contributed by atoms with E-state index in [1.807, 2.05) is 6.92 Å². The largest absolute Gasteiger partial charge is 0.496 e. The molecule has 0 amide bonds. The predicted octanol–water partition coefficient (Wildman–Crippen LogP) is 4.55. The lowest BCUT2D eigenvalue weighted by molar-refractivity contribution is -0.206. The van der Waals surface area contributed by atoms with Crippen LogP contribution in [0.1, 0.15) is 49.4 Å². The molecule has 0 aromatic heterocycles. The Morgan fingerprint density at radius 1 is 1.32 bits per heavy atom. The van der Waals surface area contributed by atoms with E-state index < -0.39 is 18.2 Å². The van der Waals surface area contributed by atoms with Crippen LogP contribution in [-0.4, -0.2) is 25.4 Å². The molecule has 1 atom stereocenters. The van der Waals surface area contributed by atoms with Crippen molar-refractivity contribution in [1.82, 2.24) is 0 Å². The molecule has 0 saturated carbocycles. The third kappa shape index (κ3) is 5.58. The highest BCUT2D eigenvalue weighted by Gasteiger charge is 2.42. The van der Waals surface area contributed by atoms with Gasteiger partial charge in [-0.15, -0.1) is 0 Å². The Kier molecular flexibility index (Phi) is 7.21. The van der Waals surface area contributed by atoms with E-state index in [0.717, 1.165) is 12.8 Å². The number of alkyl halides is 3. The summed E-state index contributed by atoms with van der Waals surface area (Å²) >= 11 is 0. The molecule has 0 heterocycles. The third-order valence-corrected chi connectivity index (χ3v) is 3.20. The van der Waals surface area contributed by atoms with E-state index in [4.69, 9.17) is 4.74 Å². The molecule has 0 aliphatic heterocycles. The Bertz CT molecular complexity index is 472. The Morgan fingerprint density at radius 3 is 2.64 bits per heavy atom. The van der Waals surface area contributed by atoms with Crippen molar-refractivity contribution in [3.63, 3.8) is 0 Å². The van der Waals surface area contributed by atoms with Crippen molar-refractivity contribution in [2.45, 2.75) is 51.3 Å². The molecule has 1 aromatic carbocycles. The van der Waals surface area contributed by atoms with E-state index in [-0.39, 0.29) is 17.7 Å². The fourth-order valence-corrected chi connectivity index (χ4v) is 1.99. The minimum absolute atomic E-state index is 0.0379. The van der Waals surface area contributed by atoms with Gasteiger partial charge < -0.3 is 9.47 Å². The number of esters is 1. The normalized spacial score (nSPS) is 12.8. The van der Waals surface area contributed by atoms with E-state index in [1.165, 1.54) is 25.3 Å². The molecule has 0 bridgehead atoms. The second-order valence-corrected chi connectivity index (χ2v) is 4.91. The minimum Gasteiger partial charge on any atom is -0.496 e. The van der Waals surface area contributed by atoms with Crippen LogP contribution < -0.4 is 4.74 Å². The van der Waals surface area contributed by atoms with Crippen LogP contribution in [0.25, 0.3) is 0 Å². The van der Waals surface area contributed by atoms with E-state index >= 15 is 0 Å². The zero-order valence-electron chi connectivity index (χ0n) is 12.7. The number of hydrogen-bond acceptors (Lipinski definition) is 3. The smallest absolute Gasteiger partial charge is 0.425 e. The van der Waals surface area contributed by atoms with Crippen molar-refractivity contribution in [1.29, 1.82) is 0 Å². The first-order chi connectivity index (χ1) is 10.4. The number of methoxy groups -OCH3 is 1. The molecular weight excluding hydrogens is 297 g/mol. The Labute approximate surface area is 128 Å². The second kappa shape index (κ2) is 8.66. The fourth-order valence-electron chi connectivity index (χ4n) is 1.99. The zero-order valence-corrected chi connectivity index (χ0v) is 12.7. The summed E-state index contributed by atoms with van der Waals surface area (Å²) in [6.45, 7) is 1.97. The standard InChI is InChI=1S/C16H20F3O3/c1-3-4-5-6-11-14(16(17,18)19)22-15(20)12-9-7-8-10-13(12)21-2/h7,9-10,14H,3-6,11H2,1-2H3. The van der Waals surface area contributed by atoms with Gasteiger partial charge in [-0.1, -0.05) is 32.3 Å². The molecule has 3 nitrogen and oxygen atoms in total. The first-order valence-corrected chi connectivity index (χ1v) is 7.22. The van der Waals surface area contributed by atoms with Crippen LogP contribution in [0.15, 0.2) is 18.2 Å². The summed E-state index contributed by atoms with van der Waals surface area (Å²) in [5.41, 5.74) is -0.0379. The van der Waals surface area contributed by atoms with Crippen molar-refractivity contribution in [2.75, 3.05) is 7.11 Å². The maximum Gasteiger partial charge on any atom is 0.425 e. The third-order valence-electron chi connectivity index (χ3n) is 3.20. The average molecular weight is 317 g/mol. The SMILES string of the molecule is CCCCCCC(OC(=O)c1cc[c]cc1OC)C(F)(F)F. The molecule has 0 saturated heterocycles. The topological polar surface area (TPSA) is 35.5 Å². The summed E-state index contributed by atoms with van der Waals surface area (Å²) < 4.78 is 48.5. The molecule has 1 radical (unpaired) electrons. The molecule has 0 aliphatic carbocycles. The number of carbonyl (C=O) groups excluding carboxylic acids is 1. The molecule has 123 valence electrons. The molecular formula is C16H20F3O3. The lowest BCUT2D eigenvalue weighted by Crippen LogP contribution is -2.34. The maximum absolute atomic E-state index is 13.0. The summed E-state index contributed by atoms with van der Waals surface area (Å²) in [5.74, 6) is -0.900. The van der Waals surface area contributed by atoms with E-state index in [2.05, 4.69) is 10.8 Å². The molecule has 0 spiro atoms. The summed E-state index contributed by atoms with van der Waals surface area (Å²) in [4.78, 5) is 12.0. The van der Waals surface area contributed by atoms with Gasteiger partial charge in [0.2, 0.25) is 0 Å². The Balaban J connectivity index is 2.74. The van der Waals surface area contributed by atoms with Crippen LogP contribution in [0.5, 0.6) is 5.75 Å². The van der Waals surface area contributed by atoms with Gasteiger partial charge in [-0.25, -0.2) is 4.79 Å². The number of rotatable bonds is 8. The zero-order chi connectivity index (χ0) is 16.6. The van der Waals surface area contributed by atoms with Gasteiger partial charge in [-0.2, -0.15) is 13.2 Å². The number of unbranched alkanes of at least 4 members (excludes halogenated alkanes) is 3. The molecule has 6 heteroatoms. The summed E-state index contributed by atoms with van der Waals surface area (Å²) in [5, 5.41) is 0. The highest BCUT2D eigenvalue weighted by molar-refractivity contribution is 5.92. The van der Waals surface area contributed by atoms with E-state index in [9.17, 15) is 18.0 Å². The quantitative estimate of drug-likeness (QED) is 0.521. The first kappa shape index (κ1) is 18.3. The summed E-state index contributed by atoms with van der Waals surface area (Å²) in [6, 6.07) is 6.80. The summed E-state index contributed by atoms with van der Waals surface area (Å²) in [7, 11) is 1.33. The molecule has 0 fully saturated rings. The molecule has 1 aromatic rings. The van der Waals surface area contributed by atoms with Crippen LogP contribution in [-0.2, 0) is 4.74 Å². The van der Waals surface area contributed by atoms with Gasteiger partial charge >= 0.3 is 12.1 Å². The van der Waals surface area contributed by atoms with Gasteiger partial charge in [0.1, 0.15) is 11.3 Å². The molecule has 0 N–H and O–H groups in total. The summed E-state index contributed by atoms with van der Waals surface area (Å²) in [6.07, 6.45) is -4.05. The van der Waals surface area contributed by atoms with Gasteiger partial charge in [0, 0.05) is 0 Å². The lowest BCUT2D eigenvalue weighted by Gasteiger charge is -2.21. The highest BCUT2D eigenvalue weighted by atomic mass is 19.4. The molecule has 1 unspecified atom stereocenters. The van der Waals surface area contributed by atoms with Gasteiger partial charge in [0.25, 0.3) is 0 Å². The van der Waals surface area contributed by atoms with Crippen LogP contribution in [0, 0.1) is 6.07 Å². The lowest BCUT2D eigenvalue weighted by atomic mass is 10.1. The average Bonchev–Trinajstić information content (AvgIpc) is 2.49. The Morgan fingerprint density at radius 2 is 2.05 bits per heavy atom.